The highest BCUT2D eigenvalue weighted by molar-refractivity contribution is 9.10. The Bertz CT molecular complexity index is 1230. The predicted octanol–water partition coefficient (Wildman–Crippen LogP) is 4.94. The topological polar surface area (TPSA) is 99.6 Å². The summed E-state index contributed by atoms with van der Waals surface area (Å²) in [5, 5.41) is 16.2. The third kappa shape index (κ3) is 5.35. The van der Waals surface area contributed by atoms with Crippen LogP contribution in [0.4, 0.5) is 5.69 Å². The Labute approximate surface area is 187 Å². The van der Waals surface area contributed by atoms with Crippen LogP contribution in [0.5, 0.6) is 5.75 Å². The number of rotatable bonds is 6. The molecule has 8 nitrogen and oxygen atoms in total. The predicted molar refractivity (Wildman–Crippen MR) is 124 cm³/mol. The number of ether oxygens (including phenoxy) is 1. The van der Waals surface area contributed by atoms with E-state index in [0.29, 0.717) is 35.3 Å². The van der Waals surface area contributed by atoms with Crippen LogP contribution in [0.3, 0.4) is 0 Å². The van der Waals surface area contributed by atoms with Crippen molar-refractivity contribution in [3.63, 3.8) is 0 Å². The molecular formula is C22H23BrN4O4. The molecule has 0 atom stereocenters. The third-order valence-electron chi connectivity index (χ3n) is 4.35. The highest BCUT2D eigenvalue weighted by Crippen LogP contribution is 2.29. The first-order valence-electron chi connectivity index (χ1n) is 9.76. The Morgan fingerprint density at radius 1 is 1.26 bits per heavy atom. The van der Waals surface area contributed by atoms with E-state index < -0.39 is 4.92 Å². The molecule has 0 bridgehead atoms. The smallest absolute Gasteiger partial charge is 0.311 e. The summed E-state index contributed by atoms with van der Waals surface area (Å²) in [4.78, 5) is 28.5. The summed E-state index contributed by atoms with van der Waals surface area (Å²) in [6.45, 7) is 8.18. The number of benzene rings is 2. The summed E-state index contributed by atoms with van der Waals surface area (Å²) in [5.74, 6) is 0.691. The molecule has 1 aromatic heterocycles. The number of nitrogens with zero attached hydrogens (tertiary/aromatic N) is 4. The quantitative estimate of drug-likeness (QED) is 0.279. The summed E-state index contributed by atoms with van der Waals surface area (Å²) in [5.41, 5.74) is 0.463. The maximum Gasteiger partial charge on any atom is 0.311 e. The van der Waals surface area contributed by atoms with Gasteiger partial charge >= 0.3 is 5.69 Å². The molecule has 0 saturated carbocycles. The maximum atomic E-state index is 13.0. The minimum atomic E-state index is -0.492. The molecule has 0 aliphatic carbocycles. The highest BCUT2D eigenvalue weighted by atomic mass is 79.9. The van der Waals surface area contributed by atoms with Gasteiger partial charge in [0.15, 0.2) is 5.75 Å². The molecule has 0 aliphatic heterocycles. The summed E-state index contributed by atoms with van der Waals surface area (Å²) >= 11 is 3.37. The number of nitro groups is 1. The van der Waals surface area contributed by atoms with E-state index in [9.17, 15) is 14.9 Å². The zero-order valence-corrected chi connectivity index (χ0v) is 19.3. The maximum absolute atomic E-state index is 13.0. The van der Waals surface area contributed by atoms with Crippen molar-refractivity contribution in [2.24, 2.45) is 10.5 Å². The van der Waals surface area contributed by atoms with E-state index in [4.69, 9.17) is 4.74 Å². The van der Waals surface area contributed by atoms with Crippen molar-refractivity contribution in [2.45, 2.75) is 34.1 Å². The Hall–Kier alpha value is -3.07. The van der Waals surface area contributed by atoms with Gasteiger partial charge in [0.2, 0.25) is 0 Å². The lowest BCUT2D eigenvalue weighted by Crippen LogP contribution is -2.22. The van der Waals surface area contributed by atoms with E-state index in [1.807, 2.05) is 33.8 Å². The van der Waals surface area contributed by atoms with E-state index in [2.05, 4.69) is 26.0 Å². The lowest BCUT2D eigenvalue weighted by molar-refractivity contribution is -0.386. The Balaban J connectivity index is 2.00. The number of fused-ring (bicyclic) bond motifs is 1. The van der Waals surface area contributed by atoms with E-state index in [0.717, 1.165) is 4.47 Å². The first kappa shape index (κ1) is 22.6. The normalized spacial score (nSPS) is 11.9. The minimum Gasteiger partial charge on any atom is -0.486 e. The van der Waals surface area contributed by atoms with Crippen molar-refractivity contribution in [3.8, 4) is 5.75 Å². The first-order chi connectivity index (χ1) is 14.6. The Morgan fingerprint density at radius 2 is 2.00 bits per heavy atom. The van der Waals surface area contributed by atoms with Crippen molar-refractivity contribution >= 4 is 38.7 Å². The van der Waals surface area contributed by atoms with Crippen molar-refractivity contribution in [1.82, 2.24) is 9.66 Å². The molecule has 0 spiro atoms. The van der Waals surface area contributed by atoms with Crippen molar-refractivity contribution in [1.29, 1.82) is 0 Å². The van der Waals surface area contributed by atoms with Crippen LogP contribution in [0, 0.1) is 15.5 Å². The molecule has 0 radical (unpaired) electrons. The molecule has 9 heteroatoms. The van der Waals surface area contributed by atoms with Crippen LogP contribution in [-0.2, 0) is 6.42 Å². The van der Waals surface area contributed by atoms with Crippen LogP contribution in [0.15, 0.2) is 50.8 Å². The van der Waals surface area contributed by atoms with Crippen molar-refractivity contribution in [3.05, 3.63) is 72.7 Å². The van der Waals surface area contributed by atoms with Gasteiger partial charge in [-0.2, -0.15) is 9.78 Å². The lowest BCUT2D eigenvalue weighted by Gasteiger charge is -2.18. The van der Waals surface area contributed by atoms with Gasteiger partial charge in [-0.3, -0.25) is 14.9 Å². The number of nitro benzene ring substituents is 1. The molecule has 2 aromatic carbocycles. The average molecular weight is 487 g/mol. The van der Waals surface area contributed by atoms with Gasteiger partial charge < -0.3 is 4.74 Å². The molecule has 31 heavy (non-hydrogen) atoms. The van der Waals surface area contributed by atoms with E-state index in [-0.39, 0.29) is 22.4 Å². The molecule has 0 N–H and O–H groups in total. The van der Waals surface area contributed by atoms with Crippen molar-refractivity contribution in [2.75, 3.05) is 6.61 Å². The number of hydrogen-bond acceptors (Lipinski definition) is 6. The number of aromatic nitrogens is 2. The third-order valence-corrected chi connectivity index (χ3v) is 4.85. The average Bonchev–Trinajstić information content (AvgIpc) is 2.71. The molecule has 0 fully saturated rings. The zero-order chi connectivity index (χ0) is 22.8. The Kier molecular flexibility index (Phi) is 6.54. The summed E-state index contributed by atoms with van der Waals surface area (Å²) < 4.78 is 7.63. The fourth-order valence-corrected chi connectivity index (χ4v) is 3.20. The second-order valence-electron chi connectivity index (χ2n) is 8.24. The molecule has 0 aliphatic rings. The van der Waals surface area contributed by atoms with Gasteiger partial charge in [0.05, 0.1) is 28.6 Å². The molecule has 1 heterocycles. The molecule has 162 valence electrons. The zero-order valence-electron chi connectivity index (χ0n) is 17.8. The molecule has 3 rings (SSSR count). The van der Waals surface area contributed by atoms with Crippen LogP contribution in [0.1, 0.15) is 39.1 Å². The molecule has 0 saturated heterocycles. The molecular weight excluding hydrogens is 464 g/mol. The summed E-state index contributed by atoms with van der Waals surface area (Å²) in [6.07, 6.45) is 1.91. The monoisotopic (exact) mass is 486 g/mol. The van der Waals surface area contributed by atoms with Gasteiger partial charge in [-0.05, 0) is 35.7 Å². The number of halogens is 1. The molecule has 0 amide bonds. The number of aryl methyl sites for hydroxylation is 1. The van der Waals surface area contributed by atoms with Crippen LogP contribution < -0.4 is 10.3 Å². The van der Waals surface area contributed by atoms with Crippen LogP contribution in [-0.4, -0.2) is 27.4 Å². The summed E-state index contributed by atoms with van der Waals surface area (Å²) in [7, 11) is 0. The second-order valence-corrected chi connectivity index (χ2v) is 9.15. The molecule has 3 aromatic rings. The van der Waals surface area contributed by atoms with Gasteiger partial charge in [0.25, 0.3) is 5.56 Å². The summed E-state index contributed by atoms with van der Waals surface area (Å²) in [6, 6.07) is 9.88. The van der Waals surface area contributed by atoms with Gasteiger partial charge in [0, 0.05) is 22.5 Å². The van der Waals surface area contributed by atoms with Gasteiger partial charge in [-0.15, -0.1) is 0 Å². The van der Waals surface area contributed by atoms with Crippen LogP contribution >= 0.6 is 15.9 Å². The second kappa shape index (κ2) is 8.97. The standard InChI is InChI=1S/C22H23BrN4O4/c1-5-20-25-17-8-7-15(23)11-16(17)21(28)26(20)24-12-14-6-9-19(18(10-14)27(29)30)31-13-22(2,3)4/h6-12H,5,13H2,1-4H3. The van der Waals surface area contributed by atoms with Gasteiger partial charge in [0.1, 0.15) is 5.82 Å². The van der Waals surface area contributed by atoms with E-state index in [1.54, 1.807) is 24.3 Å². The van der Waals surface area contributed by atoms with E-state index >= 15 is 0 Å². The fourth-order valence-electron chi connectivity index (χ4n) is 2.84. The lowest BCUT2D eigenvalue weighted by atomic mass is 9.99. The SMILES string of the molecule is CCc1nc2ccc(Br)cc2c(=O)n1N=Cc1ccc(OCC(C)(C)C)c([N+](=O)[O-])c1. The van der Waals surface area contributed by atoms with E-state index in [1.165, 1.54) is 17.0 Å². The Morgan fingerprint density at radius 3 is 2.65 bits per heavy atom. The highest BCUT2D eigenvalue weighted by Gasteiger charge is 2.19. The largest absolute Gasteiger partial charge is 0.486 e. The minimum absolute atomic E-state index is 0.135. The van der Waals surface area contributed by atoms with Crippen LogP contribution in [0.25, 0.3) is 10.9 Å². The number of hydrogen-bond donors (Lipinski definition) is 0. The molecule has 0 unspecified atom stereocenters. The van der Waals surface area contributed by atoms with Gasteiger partial charge in [-0.1, -0.05) is 43.6 Å². The van der Waals surface area contributed by atoms with Crippen molar-refractivity contribution < 1.29 is 9.66 Å². The van der Waals surface area contributed by atoms with Crippen LogP contribution in [0.2, 0.25) is 0 Å². The van der Waals surface area contributed by atoms with Gasteiger partial charge in [-0.25, -0.2) is 4.98 Å². The fraction of sp³-hybridized carbons (Fsp3) is 0.318. The first-order valence-corrected chi connectivity index (χ1v) is 10.5.